The van der Waals surface area contributed by atoms with E-state index in [4.69, 9.17) is 16.9 Å². The molecular formula is C22H14ClF3N8O3. The smallest absolute Gasteiger partial charge is 0.455 e. The summed E-state index contributed by atoms with van der Waals surface area (Å²) in [5, 5.41) is 32.8. The molecule has 4 rings (SSSR count). The topological polar surface area (TPSA) is 152 Å². The van der Waals surface area contributed by atoms with Gasteiger partial charge in [0.2, 0.25) is 0 Å². The fourth-order valence-electron chi connectivity index (χ4n) is 3.53. The van der Waals surface area contributed by atoms with Gasteiger partial charge in [0, 0.05) is 12.6 Å². The monoisotopic (exact) mass is 530 g/mol. The molecule has 0 atom stereocenters. The van der Waals surface area contributed by atoms with E-state index in [2.05, 4.69) is 25.5 Å². The van der Waals surface area contributed by atoms with Crippen LogP contribution in [0.4, 0.5) is 13.2 Å². The second-order valence-corrected chi connectivity index (χ2v) is 8.13. The van der Waals surface area contributed by atoms with Crippen molar-refractivity contribution in [3.63, 3.8) is 0 Å². The first-order chi connectivity index (χ1) is 17.5. The van der Waals surface area contributed by atoms with Gasteiger partial charge < -0.3 is 5.11 Å². The summed E-state index contributed by atoms with van der Waals surface area (Å²) in [7, 11) is 0. The number of nitriles is 1. The molecule has 37 heavy (non-hydrogen) atoms. The summed E-state index contributed by atoms with van der Waals surface area (Å²) in [4.78, 5) is 30.0. The van der Waals surface area contributed by atoms with Gasteiger partial charge in [0.25, 0.3) is 5.82 Å². The predicted molar refractivity (Wildman–Crippen MR) is 119 cm³/mol. The number of carbonyl (C=O) groups excluding carboxylic acids is 1. The van der Waals surface area contributed by atoms with Crippen molar-refractivity contribution in [3.05, 3.63) is 81.0 Å². The van der Waals surface area contributed by atoms with Gasteiger partial charge in [0.15, 0.2) is 11.6 Å². The molecule has 0 aliphatic rings. The van der Waals surface area contributed by atoms with Crippen molar-refractivity contribution in [1.82, 2.24) is 35.0 Å². The van der Waals surface area contributed by atoms with Crippen LogP contribution < -0.4 is 0 Å². The summed E-state index contributed by atoms with van der Waals surface area (Å²) in [5.41, 5.74) is 0.540. The molecule has 0 aliphatic heterocycles. The Kier molecular flexibility index (Phi) is 6.73. The number of carboxylic acids is 1. The number of nitrogens with zero attached hydrogens (tertiary/aromatic N) is 8. The molecule has 0 aliphatic carbocycles. The number of rotatable bonds is 7. The molecule has 0 amide bonds. The lowest BCUT2D eigenvalue weighted by molar-refractivity contribution is -0.145. The first-order valence-electron chi connectivity index (χ1n) is 10.3. The number of carboxylic acid groups (broad SMARTS) is 1. The molecule has 1 aromatic carbocycles. The van der Waals surface area contributed by atoms with Gasteiger partial charge in [-0.3, -0.25) is 4.79 Å². The number of aryl methyl sites for hydroxylation is 1. The van der Waals surface area contributed by atoms with Gasteiger partial charge in [-0.25, -0.2) is 14.5 Å². The van der Waals surface area contributed by atoms with Gasteiger partial charge in [0.1, 0.15) is 12.2 Å². The third-order valence-electron chi connectivity index (χ3n) is 5.16. The van der Waals surface area contributed by atoms with Crippen LogP contribution in [0.1, 0.15) is 49.1 Å². The van der Waals surface area contributed by atoms with Crippen molar-refractivity contribution in [1.29, 1.82) is 5.26 Å². The lowest BCUT2D eigenvalue weighted by Gasteiger charge is -2.11. The van der Waals surface area contributed by atoms with E-state index in [1.165, 1.54) is 30.5 Å². The standard InChI is InChI=1S/C22H14ClF3N8O3/c1-11-5-12(9-27)6-15(20(36)37)14(11)8-18(35)17-7-13(10-33-31-21(29-32-33)22(24,25)26)30-34(17)19-16(23)3-2-4-28-19/h2-7H,8,10H2,1H3,(H,36,37). The van der Waals surface area contributed by atoms with E-state index in [-0.39, 0.29) is 51.9 Å². The Balaban J connectivity index is 1.76. The predicted octanol–water partition coefficient (Wildman–Crippen LogP) is 3.28. The Morgan fingerprint density at radius 2 is 1.97 bits per heavy atom. The van der Waals surface area contributed by atoms with Crippen LogP contribution in [0, 0.1) is 18.3 Å². The van der Waals surface area contributed by atoms with E-state index in [1.54, 1.807) is 13.0 Å². The van der Waals surface area contributed by atoms with Crippen LogP contribution in [0.15, 0.2) is 36.5 Å². The molecule has 11 nitrogen and oxygen atoms in total. The van der Waals surface area contributed by atoms with E-state index < -0.39 is 23.8 Å². The van der Waals surface area contributed by atoms with Crippen molar-refractivity contribution in [2.45, 2.75) is 26.1 Å². The molecule has 3 aromatic heterocycles. The van der Waals surface area contributed by atoms with Crippen molar-refractivity contribution in [3.8, 4) is 11.9 Å². The number of halogens is 4. The number of pyridine rings is 1. The first kappa shape index (κ1) is 25.5. The molecule has 1 N–H and O–H groups in total. The molecule has 0 bridgehead atoms. The molecular weight excluding hydrogens is 517 g/mol. The summed E-state index contributed by atoms with van der Waals surface area (Å²) < 4.78 is 39.6. The number of alkyl halides is 3. The average molecular weight is 531 g/mol. The number of aromatic nitrogens is 7. The lowest BCUT2D eigenvalue weighted by atomic mass is 9.94. The van der Waals surface area contributed by atoms with E-state index >= 15 is 0 Å². The van der Waals surface area contributed by atoms with Gasteiger partial charge in [-0.15, -0.1) is 10.2 Å². The van der Waals surface area contributed by atoms with Gasteiger partial charge in [-0.05, 0) is 53.6 Å². The van der Waals surface area contributed by atoms with Crippen LogP contribution in [-0.4, -0.2) is 51.8 Å². The van der Waals surface area contributed by atoms with Gasteiger partial charge in [-0.1, -0.05) is 11.6 Å². The van der Waals surface area contributed by atoms with E-state index in [9.17, 15) is 27.9 Å². The fraction of sp³-hybridized carbons (Fsp3) is 0.182. The molecule has 188 valence electrons. The highest BCUT2D eigenvalue weighted by Crippen LogP contribution is 2.26. The summed E-state index contributed by atoms with van der Waals surface area (Å²) >= 11 is 6.24. The maximum Gasteiger partial charge on any atom is 0.455 e. The highest BCUT2D eigenvalue weighted by atomic mass is 35.5. The van der Waals surface area contributed by atoms with E-state index in [0.29, 0.717) is 10.4 Å². The Labute approximate surface area is 210 Å². The van der Waals surface area contributed by atoms with Crippen LogP contribution in [0.5, 0.6) is 0 Å². The Morgan fingerprint density at radius 3 is 2.59 bits per heavy atom. The third-order valence-corrected chi connectivity index (χ3v) is 5.46. The molecule has 0 unspecified atom stereocenters. The Hall–Kier alpha value is -4.64. The molecule has 4 aromatic rings. The Bertz CT molecular complexity index is 1570. The highest BCUT2D eigenvalue weighted by molar-refractivity contribution is 6.32. The van der Waals surface area contributed by atoms with Crippen molar-refractivity contribution in [2.75, 3.05) is 0 Å². The molecule has 0 spiro atoms. The number of hydrogen-bond acceptors (Lipinski definition) is 8. The molecule has 0 saturated carbocycles. The minimum Gasteiger partial charge on any atom is -0.478 e. The van der Waals surface area contributed by atoms with Crippen LogP contribution >= 0.6 is 11.6 Å². The van der Waals surface area contributed by atoms with Gasteiger partial charge >= 0.3 is 12.1 Å². The minimum absolute atomic E-state index is 0.0631. The summed E-state index contributed by atoms with van der Waals surface area (Å²) in [5.74, 6) is -3.27. The van der Waals surface area contributed by atoms with Gasteiger partial charge in [-0.2, -0.15) is 28.3 Å². The van der Waals surface area contributed by atoms with E-state index in [1.807, 2.05) is 6.07 Å². The number of hydrogen-bond donors (Lipinski definition) is 1. The number of carbonyl (C=O) groups is 2. The second-order valence-electron chi connectivity index (χ2n) is 7.72. The van der Waals surface area contributed by atoms with Crippen molar-refractivity contribution < 1.29 is 27.9 Å². The SMILES string of the molecule is Cc1cc(C#N)cc(C(=O)O)c1CC(=O)c1cc(Cn2nnc(C(F)(F)F)n2)nn1-c1ncccc1Cl. The number of tetrazole rings is 1. The largest absolute Gasteiger partial charge is 0.478 e. The summed E-state index contributed by atoms with van der Waals surface area (Å²) in [6.45, 7) is 1.21. The summed E-state index contributed by atoms with van der Waals surface area (Å²) in [6.07, 6.45) is -3.77. The van der Waals surface area contributed by atoms with Crippen LogP contribution in [0.3, 0.4) is 0 Å². The third kappa shape index (κ3) is 5.31. The normalized spacial score (nSPS) is 11.4. The zero-order chi connectivity index (χ0) is 26.9. The maximum atomic E-state index is 13.4. The van der Waals surface area contributed by atoms with Crippen LogP contribution in [-0.2, 0) is 19.1 Å². The zero-order valence-electron chi connectivity index (χ0n) is 18.7. The number of benzene rings is 1. The summed E-state index contributed by atoms with van der Waals surface area (Å²) in [6, 6.07) is 8.85. The molecule has 3 heterocycles. The van der Waals surface area contributed by atoms with Gasteiger partial charge in [0.05, 0.1) is 27.9 Å². The lowest BCUT2D eigenvalue weighted by Crippen LogP contribution is -2.15. The van der Waals surface area contributed by atoms with Crippen molar-refractivity contribution in [2.24, 2.45) is 0 Å². The zero-order valence-corrected chi connectivity index (χ0v) is 19.5. The van der Waals surface area contributed by atoms with Crippen molar-refractivity contribution >= 4 is 23.4 Å². The molecule has 0 saturated heterocycles. The first-order valence-corrected chi connectivity index (χ1v) is 10.7. The van der Waals surface area contributed by atoms with E-state index in [0.717, 1.165) is 4.68 Å². The average Bonchev–Trinajstić information content (AvgIpc) is 3.48. The quantitative estimate of drug-likeness (QED) is 0.355. The number of aromatic carboxylic acids is 1. The minimum atomic E-state index is -4.79. The number of Topliss-reactive ketones (excluding diaryl/α,β-unsaturated/α-hetero) is 1. The second kappa shape index (κ2) is 9.78. The van der Waals surface area contributed by atoms with Crippen LogP contribution in [0.25, 0.3) is 5.82 Å². The molecule has 0 radical (unpaired) electrons. The Morgan fingerprint density at radius 1 is 1.22 bits per heavy atom. The number of ketones is 1. The molecule has 0 fully saturated rings. The van der Waals surface area contributed by atoms with Crippen LogP contribution in [0.2, 0.25) is 5.02 Å². The highest BCUT2D eigenvalue weighted by Gasteiger charge is 2.37. The fourth-order valence-corrected chi connectivity index (χ4v) is 3.73. The maximum absolute atomic E-state index is 13.4. The molecule has 15 heteroatoms.